The predicted octanol–water partition coefficient (Wildman–Crippen LogP) is -0.00210. The smallest absolute Gasteiger partial charge is 0.239 e. The van der Waals surface area contributed by atoms with Crippen LogP contribution < -0.4 is 16.8 Å². The zero-order valence-corrected chi connectivity index (χ0v) is 8.25. The van der Waals surface area contributed by atoms with Gasteiger partial charge in [0.2, 0.25) is 11.9 Å². The van der Waals surface area contributed by atoms with E-state index < -0.39 is 11.9 Å². The Balaban J connectivity index is 2.85. The van der Waals surface area contributed by atoms with Gasteiger partial charge in [0, 0.05) is 0 Å². The number of nitrogens with zero attached hydrogens (tertiary/aromatic N) is 2. The van der Waals surface area contributed by atoms with Crippen molar-refractivity contribution >= 4 is 29.3 Å². The lowest BCUT2D eigenvalue weighted by Crippen LogP contribution is -2.32. The first-order valence-corrected chi connectivity index (χ1v) is 4.22. The Morgan fingerprint density at radius 2 is 2.36 bits per heavy atom. The summed E-state index contributed by atoms with van der Waals surface area (Å²) in [6.45, 7) is 1.59. The highest BCUT2D eigenvalue weighted by molar-refractivity contribution is 6.32. The number of carbonyl (C=O) groups is 1. The number of amides is 1. The molecule has 0 aliphatic rings. The van der Waals surface area contributed by atoms with Crippen LogP contribution >= 0.6 is 11.6 Å². The van der Waals surface area contributed by atoms with Crippen molar-refractivity contribution in [3.05, 3.63) is 11.2 Å². The Bertz CT molecular complexity index is 356. The number of nitrogens with two attached hydrogens (primary N) is 2. The van der Waals surface area contributed by atoms with Gasteiger partial charge in [0.25, 0.3) is 0 Å². The third-order valence-electron chi connectivity index (χ3n) is 1.54. The van der Waals surface area contributed by atoms with Crippen LogP contribution in [0.4, 0.5) is 11.8 Å². The Morgan fingerprint density at radius 1 is 1.71 bits per heavy atom. The monoisotopic (exact) mass is 215 g/mol. The molecule has 1 aromatic heterocycles. The third kappa shape index (κ3) is 2.46. The van der Waals surface area contributed by atoms with Crippen LogP contribution in [0.2, 0.25) is 5.02 Å². The molecule has 6 nitrogen and oxygen atoms in total. The molecule has 1 heterocycles. The van der Waals surface area contributed by atoms with Crippen LogP contribution in [-0.2, 0) is 4.79 Å². The second kappa shape index (κ2) is 4.10. The van der Waals surface area contributed by atoms with Gasteiger partial charge in [-0.05, 0) is 6.92 Å². The maximum atomic E-state index is 10.7. The molecule has 1 amide bonds. The quantitative estimate of drug-likeness (QED) is 0.658. The largest absolute Gasteiger partial charge is 0.368 e. The fourth-order valence-corrected chi connectivity index (χ4v) is 0.904. The van der Waals surface area contributed by atoms with Gasteiger partial charge < -0.3 is 16.8 Å². The van der Waals surface area contributed by atoms with Crippen LogP contribution in [-0.4, -0.2) is 21.9 Å². The normalized spacial score (nSPS) is 12.1. The molecule has 1 unspecified atom stereocenters. The highest BCUT2D eigenvalue weighted by atomic mass is 35.5. The molecule has 0 radical (unpaired) electrons. The number of carbonyl (C=O) groups excluding carboxylic acids is 1. The highest BCUT2D eigenvalue weighted by Gasteiger charge is 2.11. The molecular formula is C7H10ClN5O. The van der Waals surface area contributed by atoms with Crippen LogP contribution in [0.25, 0.3) is 0 Å². The molecule has 1 rings (SSSR count). The fourth-order valence-electron chi connectivity index (χ4n) is 0.758. The Kier molecular flexibility index (Phi) is 3.08. The molecule has 0 saturated carbocycles. The minimum atomic E-state index is -0.568. The minimum Gasteiger partial charge on any atom is -0.368 e. The molecule has 0 fully saturated rings. The first kappa shape index (κ1) is 10.5. The van der Waals surface area contributed by atoms with Crippen molar-refractivity contribution < 1.29 is 4.79 Å². The Hall–Kier alpha value is -1.56. The molecule has 5 N–H and O–H groups in total. The lowest BCUT2D eigenvalue weighted by molar-refractivity contribution is -0.118. The van der Waals surface area contributed by atoms with Crippen molar-refractivity contribution in [1.29, 1.82) is 0 Å². The second-order valence-electron chi connectivity index (χ2n) is 2.69. The zero-order chi connectivity index (χ0) is 10.7. The van der Waals surface area contributed by atoms with E-state index in [1.807, 2.05) is 0 Å². The molecule has 0 aliphatic carbocycles. The van der Waals surface area contributed by atoms with Crippen LogP contribution in [0.15, 0.2) is 6.20 Å². The van der Waals surface area contributed by atoms with E-state index in [2.05, 4.69) is 15.3 Å². The summed E-state index contributed by atoms with van der Waals surface area (Å²) in [4.78, 5) is 18.2. The fraction of sp³-hybridized carbons (Fsp3) is 0.286. The van der Waals surface area contributed by atoms with Gasteiger partial charge in [-0.15, -0.1) is 0 Å². The molecule has 0 spiro atoms. The van der Waals surface area contributed by atoms with E-state index in [9.17, 15) is 4.79 Å². The minimum absolute atomic E-state index is 0.0774. The molecule has 76 valence electrons. The van der Waals surface area contributed by atoms with Gasteiger partial charge >= 0.3 is 0 Å². The van der Waals surface area contributed by atoms with E-state index in [0.29, 0.717) is 5.82 Å². The Labute approximate surface area is 85.7 Å². The van der Waals surface area contributed by atoms with Crippen molar-refractivity contribution in [2.75, 3.05) is 11.1 Å². The van der Waals surface area contributed by atoms with Crippen LogP contribution in [0.1, 0.15) is 6.92 Å². The van der Waals surface area contributed by atoms with Crippen molar-refractivity contribution in [3.63, 3.8) is 0 Å². The maximum absolute atomic E-state index is 10.7. The molecule has 14 heavy (non-hydrogen) atoms. The van der Waals surface area contributed by atoms with Gasteiger partial charge in [-0.2, -0.15) is 4.98 Å². The molecule has 7 heteroatoms. The summed E-state index contributed by atoms with van der Waals surface area (Å²) in [6, 6.07) is -0.568. The SMILES string of the molecule is CC(Nc1nc(N)ncc1Cl)C(N)=O. The van der Waals surface area contributed by atoms with Crippen molar-refractivity contribution in [3.8, 4) is 0 Å². The van der Waals surface area contributed by atoms with Crippen molar-refractivity contribution in [1.82, 2.24) is 9.97 Å². The lowest BCUT2D eigenvalue weighted by atomic mass is 10.3. The number of nitrogen functional groups attached to an aromatic ring is 1. The Morgan fingerprint density at radius 3 is 2.93 bits per heavy atom. The van der Waals surface area contributed by atoms with Crippen molar-refractivity contribution in [2.24, 2.45) is 5.73 Å². The first-order valence-electron chi connectivity index (χ1n) is 3.84. The molecule has 1 atom stereocenters. The summed E-state index contributed by atoms with van der Waals surface area (Å²) >= 11 is 5.75. The van der Waals surface area contributed by atoms with Gasteiger partial charge in [0.05, 0.1) is 6.20 Å². The van der Waals surface area contributed by atoms with Gasteiger partial charge in [0.15, 0.2) is 5.82 Å². The van der Waals surface area contributed by atoms with E-state index in [1.165, 1.54) is 6.20 Å². The summed E-state index contributed by atoms with van der Waals surface area (Å²) in [5, 5.41) is 3.00. The van der Waals surface area contributed by atoms with Gasteiger partial charge in [-0.3, -0.25) is 4.79 Å². The first-order chi connectivity index (χ1) is 6.50. The molecular weight excluding hydrogens is 206 g/mol. The predicted molar refractivity (Wildman–Crippen MR) is 53.7 cm³/mol. The zero-order valence-electron chi connectivity index (χ0n) is 7.49. The van der Waals surface area contributed by atoms with Crippen molar-refractivity contribution in [2.45, 2.75) is 13.0 Å². The van der Waals surface area contributed by atoms with Crippen LogP contribution in [0.3, 0.4) is 0 Å². The summed E-state index contributed by atoms with van der Waals surface area (Å²) < 4.78 is 0. The number of nitrogens with one attached hydrogen (secondary N) is 1. The van der Waals surface area contributed by atoms with Crippen LogP contribution in [0, 0.1) is 0 Å². The summed E-state index contributed by atoms with van der Waals surface area (Å²) in [5.41, 5.74) is 10.4. The number of halogens is 1. The van der Waals surface area contributed by atoms with Gasteiger partial charge in [-0.25, -0.2) is 4.98 Å². The third-order valence-corrected chi connectivity index (χ3v) is 1.82. The van der Waals surface area contributed by atoms with Crippen LogP contribution in [0.5, 0.6) is 0 Å². The molecule has 0 aromatic carbocycles. The highest BCUT2D eigenvalue weighted by Crippen LogP contribution is 2.18. The summed E-state index contributed by atoms with van der Waals surface area (Å²) in [7, 11) is 0. The molecule has 1 aromatic rings. The molecule has 0 saturated heterocycles. The topological polar surface area (TPSA) is 107 Å². The van der Waals surface area contributed by atoms with Gasteiger partial charge in [-0.1, -0.05) is 11.6 Å². The lowest BCUT2D eigenvalue weighted by Gasteiger charge is -2.11. The standard InChI is InChI=1S/C7H10ClN5O/c1-3(5(9)14)12-6-4(8)2-11-7(10)13-6/h2-3H,1H3,(H2,9,14)(H3,10,11,12,13). The number of anilines is 2. The van der Waals surface area contributed by atoms with E-state index in [4.69, 9.17) is 23.1 Å². The summed E-state index contributed by atoms with van der Waals surface area (Å²) in [6.07, 6.45) is 1.35. The second-order valence-corrected chi connectivity index (χ2v) is 3.10. The average Bonchev–Trinajstić information content (AvgIpc) is 2.11. The van der Waals surface area contributed by atoms with E-state index >= 15 is 0 Å². The number of aromatic nitrogens is 2. The van der Waals surface area contributed by atoms with E-state index in [0.717, 1.165) is 0 Å². The molecule has 0 aliphatic heterocycles. The average molecular weight is 216 g/mol. The number of hydrogen-bond donors (Lipinski definition) is 3. The number of rotatable bonds is 3. The molecule has 0 bridgehead atoms. The number of primary amides is 1. The van der Waals surface area contributed by atoms with Gasteiger partial charge in [0.1, 0.15) is 11.1 Å². The van der Waals surface area contributed by atoms with E-state index in [1.54, 1.807) is 6.92 Å². The van der Waals surface area contributed by atoms with E-state index in [-0.39, 0.29) is 11.0 Å². The maximum Gasteiger partial charge on any atom is 0.239 e. The summed E-state index contributed by atoms with van der Waals surface area (Å²) in [5.74, 6) is -0.128. The number of hydrogen-bond acceptors (Lipinski definition) is 5.